The van der Waals surface area contributed by atoms with Crippen LogP contribution in [0.25, 0.3) is 0 Å². The largest absolute Gasteiger partial charge is 0.271 e. The zero-order valence-corrected chi connectivity index (χ0v) is 13.0. The number of hydrogen-bond acceptors (Lipinski definition) is 4. The summed E-state index contributed by atoms with van der Waals surface area (Å²) in [5.74, 6) is 10.6. The van der Waals surface area contributed by atoms with Crippen molar-refractivity contribution < 1.29 is 0 Å². The fraction of sp³-hybridized carbons (Fsp3) is 0.812. The van der Waals surface area contributed by atoms with Crippen LogP contribution >= 0.6 is 11.3 Å². The Kier molecular flexibility index (Phi) is 3.36. The van der Waals surface area contributed by atoms with E-state index in [9.17, 15) is 0 Å². The fourth-order valence-corrected chi connectivity index (χ4v) is 6.28. The van der Waals surface area contributed by atoms with E-state index in [2.05, 4.69) is 22.7 Å². The van der Waals surface area contributed by atoms with Crippen molar-refractivity contribution in [3.8, 4) is 0 Å². The van der Waals surface area contributed by atoms with Crippen LogP contribution in [-0.2, 0) is 6.42 Å². The molecule has 1 aromatic rings. The topological polar surface area (TPSA) is 50.9 Å². The number of hydrogen-bond donors (Lipinski definition) is 2. The number of thiazole rings is 1. The molecule has 4 aliphatic rings. The number of nitrogens with two attached hydrogens (primary N) is 1. The van der Waals surface area contributed by atoms with Gasteiger partial charge in [-0.15, -0.1) is 11.3 Å². The zero-order valence-electron chi connectivity index (χ0n) is 12.2. The Labute approximate surface area is 125 Å². The molecule has 0 radical (unpaired) electrons. The number of aromatic nitrogens is 1. The third-order valence-corrected chi connectivity index (χ3v) is 6.90. The van der Waals surface area contributed by atoms with E-state index in [1.165, 1.54) is 42.8 Å². The molecule has 0 aliphatic heterocycles. The van der Waals surface area contributed by atoms with Crippen molar-refractivity contribution >= 4 is 11.3 Å². The van der Waals surface area contributed by atoms with Crippen molar-refractivity contribution in [2.24, 2.45) is 35.4 Å². The number of aryl methyl sites for hydroxylation is 1. The van der Waals surface area contributed by atoms with Gasteiger partial charge in [-0.25, -0.2) is 4.98 Å². The second kappa shape index (κ2) is 5.08. The van der Waals surface area contributed by atoms with E-state index in [0.29, 0.717) is 6.04 Å². The van der Waals surface area contributed by atoms with Gasteiger partial charge in [-0.1, -0.05) is 0 Å². The van der Waals surface area contributed by atoms with Gasteiger partial charge >= 0.3 is 0 Å². The maximum atomic E-state index is 5.93. The van der Waals surface area contributed by atoms with Gasteiger partial charge in [0.2, 0.25) is 0 Å². The predicted octanol–water partition coefficient (Wildman–Crippen LogP) is 2.90. The molecule has 5 rings (SSSR count). The lowest BCUT2D eigenvalue weighted by molar-refractivity contribution is -0.0518. The smallest absolute Gasteiger partial charge is 0.0897 e. The highest BCUT2D eigenvalue weighted by atomic mass is 32.1. The van der Waals surface area contributed by atoms with Crippen LogP contribution in [0.15, 0.2) is 5.38 Å². The van der Waals surface area contributed by atoms with Crippen LogP contribution in [0.2, 0.25) is 0 Å². The van der Waals surface area contributed by atoms with Crippen LogP contribution in [0.1, 0.15) is 42.8 Å². The van der Waals surface area contributed by atoms with Crippen LogP contribution in [0, 0.1) is 36.5 Å². The summed E-state index contributed by atoms with van der Waals surface area (Å²) >= 11 is 1.75. The molecule has 20 heavy (non-hydrogen) atoms. The van der Waals surface area contributed by atoms with Crippen LogP contribution in [0.3, 0.4) is 0 Å². The van der Waals surface area contributed by atoms with Crippen LogP contribution < -0.4 is 11.3 Å². The van der Waals surface area contributed by atoms with Crippen molar-refractivity contribution in [2.75, 3.05) is 0 Å². The molecule has 0 amide bonds. The van der Waals surface area contributed by atoms with Crippen LogP contribution in [0.4, 0.5) is 0 Å². The minimum atomic E-state index is 0.423. The second-order valence-corrected chi connectivity index (χ2v) is 8.41. The molecule has 1 aromatic heterocycles. The molecular weight excluding hydrogens is 266 g/mol. The first kappa shape index (κ1) is 13.2. The van der Waals surface area contributed by atoms with Gasteiger partial charge in [-0.05, 0) is 68.6 Å². The van der Waals surface area contributed by atoms with Gasteiger partial charge in [-0.2, -0.15) is 0 Å². The summed E-state index contributed by atoms with van der Waals surface area (Å²) < 4.78 is 0. The van der Waals surface area contributed by atoms with Gasteiger partial charge in [0.05, 0.1) is 10.7 Å². The van der Waals surface area contributed by atoms with Crippen LogP contribution in [0.5, 0.6) is 0 Å². The fourth-order valence-electron chi connectivity index (χ4n) is 5.66. The molecule has 0 spiro atoms. The summed E-state index contributed by atoms with van der Waals surface area (Å²) in [5.41, 5.74) is 4.38. The summed E-state index contributed by atoms with van der Waals surface area (Å²) in [7, 11) is 0. The van der Waals surface area contributed by atoms with E-state index in [-0.39, 0.29) is 0 Å². The predicted molar refractivity (Wildman–Crippen MR) is 82.2 cm³/mol. The number of rotatable bonds is 4. The van der Waals surface area contributed by atoms with E-state index < -0.39 is 0 Å². The van der Waals surface area contributed by atoms with E-state index in [4.69, 9.17) is 5.84 Å². The molecule has 3 nitrogen and oxygen atoms in total. The lowest BCUT2D eigenvalue weighted by Gasteiger charge is -2.56. The maximum Gasteiger partial charge on any atom is 0.0897 e. The second-order valence-electron chi connectivity index (χ2n) is 7.34. The molecule has 4 aliphatic carbocycles. The highest BCUT2D eigenvalue weighted by Gasteiger charge is 2.50. The summed E-state index contributed by atoms with van der Waals surface area (Å²) in [5, 5.41) is 3.37. The van der Waals surface area contributed by atoms with Gasteiger partial charge in [0, 0.05) is 17.8 Å². The monoisotopic (exact) mass is 291 g/mol. The SMILES string of the molecule is Cc1nc(CC(NN)C2C3CC4CC(C3)CC2C4)cs1. The summed E-state index contributed by atoms with van der Waals surface area (Å²) in [4.78, 5) is 4.63. The van der Waals surface area contributed by atoms with Gasteiger partial charge in [0.25, 0.3) is 0 Å². The third kappa shape index (κ3) is 2.22. The number of nitrogens with zero attached hydrogens (tertiary/aromatic N) is 1. The first-order valence-corrected chi connectivity index (χ1v) is 8.98. The lowest BCUT2D eigenvalue weighted by Crippen LogP contribution is -2.55. The number of hydrazine groups is 1. The molecule has 1 heterocycles. The van der Waals surface area contributed by atoms with Gasteiger partial charge in [-0.3, -0.25) is 11.3 Å². The van der Waals surface area contributed by atoms with Crippen molar-refractivity contribution in [2.45, 2.75) is 51.5 Å². The van der Waals surface area contributed by atoms with E-state index >= 15 is 0 Å². The molecule has 0 saturated heterocycles. The molecule has 1 unspecified atom stereocenters. The average molecular weight is 291 g/mol. The third-order valence-electron chi connectivity index (χ3n) is 6.07. The Morgan fingerprint density at radius 3 is 2.40 bits per heavy atom. The maximum absolute atomic E-state index is 5.93. The van der Waals surface area contributed by atoms with Crippen molar-refractivity contribution in [1.29, 1.82) is 0 Å². The van der Waals surface area contributed by atoms with E-state index in [1.54, 1.807) is 11.3 Å². The molecule has 4 bridgehead atoms. The molecule has 4 heteroatoms. The van der Waals surface area contributed by atoms with E-state index in [1.807, 2.05) is 0 Å². The average Bonchev–Trinajstić information content (AvgIpc) is 2.81. The molecule has 4 saturated carbocycles. The molecule has 0 aromatic carbocycles. The zero-order chi connectivity index (χ0) is 13.7. The summed E-state index contributed by atoms with van der Waals surface area (Å²) in [6.07, 6.45) is 8.38. The molecular formula is C16H25N3S. The van der Waals surface area contributed by atoms with Crippen molar-refractivity contribution in [1.82, 2.24) is 10.4 Å². The highest BCUT2D eigenvalue weighted by molar-refractivity contribution is 7.09. The highest BCUT2D eigenvalue weighted by Crippen LogP contribution is 2.57. The molecule has 1 atom stereocenters. The minimum absolute atomic E-state index is 0.423. The minimum Gasteiger partial charge on any atom is -0.271 e. The first-order chi connectivity index (χ1) is 9.72. The molecule has 4 fully saturated rings. The Balaban J connectivity index is 1.52. The quantitative estimate of drug-likeness (QED) is 0.662. The standard InChI is InChI=1S/C16H25N3S/c1-9-18-14(8-20-9)7-15(19-17)16-12-3-10-2-11(5-12)6-13(16)4-10/h8,10-13,15-16,19H,2-7,17H2,1H3. The van der Waals surface area contributed by atoms with Crippen molar-refractivity contribution in [3.05, 3.63) is 16.1 Å². The normalized spacial score (nSPS) is 40.2. The van der Waals surface area contributed by atoms with Crippen LogP contribution in [-0.4, -0.2) is 11.0 Å². The van der Waals surface area contributed by atoms with Crippen molar-refractivity contribution in [3.63, 3.8) is 0 Å². The lowest BCUT2D eigenvalue weighted by atomic mass is 9.50. The Morgan fingerprint density at radius 1 is 1.25 bits per heavy atom. The summed E-state index contributed by atoms with van der Waals surface area (Å²) in [6, 6.07) is 0.423. The van der Waals surface area contributed by atoms with Gasteiger partial charge in [0.15, 0.2) is 0 Å². The van der Waals surface area contributed by atoms with E-state index in [0.717, 1.165) is 36.0 Å². The molecule has 3 N–H and O–H groups in total. The van der Waals surface area contributed by atoms with Gasteiger partial charge < -0.3 is 0 Å². The summed E-state index contributed by atoms with van der Waals surface area (Å²) in [6.45, 7) is 2.09. The Hall–Kier alpha value is -0.450. The number of nitrogens with one attached hydrogen (secondary N) is 1. The Morgan fingerprint density at radius 2 is 1.90 bits per heavy atom. The first-order valence-electron chi connectivity index (χ1n) is 8.10. The van der Waals surface area contributed by atoms with Gasteiger partial charge in [0.1, 0.15) is 0 Å². The molecule has 110 valence electrons. The Bertz CT molecular complexity index is 456.